The molecule has 0 fully saturated rings. The van der Waals surface area contributed by atoms with Crippen molar-refractivity contribution in [1.29, 1.82) is 0 Å². The minimum atomic E-state index is 0.225. The lowest BCUT2D eigenvalue weighted by atomic mass is 9.86. The zero-order valence-corrected chi connectivity index (χ0v) is 13.9. The van der Waals surface area contributed by atoms with Crippen molar-refractivity contribution in [2.45, 2.75) is 53.4 Å². The van der Waals surface area contributed by atoms with Gasteiger partial charge in [0.05, 0.1) is 0 Å². The summed E-state index contributed by atoms with van der Waals surface area (Å²) >= 11 is 0. The van der Waals surface area contributed by atoms with Crippen LogP contribution < -0.4 is 0 Å². The highest BCUT2D eigenvalue weighted by molar-refractivity contribution is 5.75. The summed E-state index contributed by atoms with van der Waals surface area (Å²) in [6.45, 7) is 16.8. The molecule has 0 heterocycles. The van der Waals surface area contributed by atoms with Crippen LogP contribution in [0.1, 0.15) is 59.1 Å². The van der Waals surface area contributed by atoms with E-state index in [0.29, 0.717) is 0 Å². The Morgan fingerprint density at radius 1 is 1.05 bits per heavy atom. The Morgan fingerprint density at radius 2 is 1.60 bits per heavy atom. The molecule has 2 rings (SSSR count). The highest BCUT2D eigenvalue weighted by atomic mass is 14.2. The lowest BCUT2D eigenvalue weighted by molar-refractivity contribution is 0.590. The largest absolute Gasteiger partial charge is 0.0985 e. The van der Waals surface area contributed by atoms with Crippen LogP contribution in [0.15, 0.2) is 54.1 Å². The number of hydrogen-bond donors (Lipinski definition) is 0. The van der Waals surface area contributed by atoms with E-state index >= 15 is 0 Å². The summed E-state index contributed by atoms with van der Waals surface area (Å²) in [7, 11) is 0. The SMILES string of the molecule is C=CC1=C(C)CC(c2ccc(C(C)(C)C)cc2)=C1.CC. The lowest BCUT2D eigenvalue weighted by Crippen LogP contribution is -2.10. The van der Waals surface area contributed by atoms with E-state index in [0.717, 1.165) is 6.42 Å². The fraction of sp³-hybridized carbons (Fsp3) is 0.400. The molecule has 0 saturated heterocycles. The predicted molar refractivity (Wildman–Crippen MR) is 92.0 cm³/mol. The van der Waals surface area contributed by atoms with Crippen LogP contribution in [0.3, 0.4) is 0 Å². The summed E-state index contributed by atoms with van der Waals surface area (Å²) in [5.41, 5.74) is 7.05. The molecule has 0 radical (unpaired) electrons. The highest BCUT2D eigenvalue weighted by Gasteiger charge is 2.15. The Kier molecular flexibility index (Phi) is 5.56. The van der Waals surface area contributed by atoms with E-state index in [4.69, 9.17) is 0 Å². The number of rotatable bonds is 2. The van der Waals surface area contributed by atoms with E-state index in [1.807, 2.05) is 19.9 Å². The summed E-state index contributed by atoms with van der Waals surface area (Å²) in [6.07, 6.45) is 5.26. The fourth-order valence-corrected chi connectivity index (χ4v) is 2.35. The zero-order chi connectivity index (χ0) is 15.3. The van der Waals surface area contributed by atoms with E-state index in [1.54, 1.807) is 0 Å². The molecule has 0 nitrogen and oxygen atoms in total. The average molecular weight is 268 g/mol. The maximum Gasteiger partial charge on any atom is -0.00547 e. The third-order valence-corrected chi connectivity index (χ3v) is 3.62. The topological polar surface area (TPSA) is 0 Å². The molecule has 1 aliphatic rings. The summed E-state index contributed by atoms with van der Waals surface area (Å²) in [6, 6.07) is 8.98. The van der Waals surface area contributed by atoms with E-state index in [-0.39, 0.29) is 5.41 Å². The summed E-state index contributed by atoms with van der Waals surface area (Å²) in [5.74, 6) is 0. The third kappa shape index (κ3) is 3.72. The van der Waals surface area contributed by atoms with Gasteiger partial charge in [0, 0.05) is 0 Å². The van der Waals surface area contributed by atoms with E-state index in [1.165, 1.54) is 27.8 Å². The molecule has 108 valence electrons. The maximum absolute atomic E-state index is 3.87. The van der Waals surface area contributed by atoms with Gasteiger partial charge in [-0.25, -0.2) is 0 Å². The van der Waals surface area contributed by atoms with Crippen molar-refractivity contribution in [2.24, 2.45) is 0 Å². The Hall–Kier alpha value is -1.56. The van der Waals surface area contributed by atoms with Gasteiger partial charge in [0.15, 0.2) is 0 Å². The molecule has 0 spiro atoms. The van der Waals surface area contributed by atoms with Gasteiger partial charge in [0.1, 0.15) is 0 Å². The van der Waals surface area contributed by atoms with Crippen LogP contribution in [0, 0.1) is 0 Å². The summed E-state index contributed by atoms with van der Waals surface area (Å²) < 4.78 is 0. The van der Waals surface area contributed by atoms with Crippen molar-refractivity contribution in [2.75, 3.05) is 0 Å². The van der Waals surface area contributed by atoms with Crippen molar-refractivity contribution in [3.05, 3.63) is 65.3 Å². The molecule has 0 amide bonds. The normalized spacial score (nSPS) is 14.6. The van der Waals surface area contributed by atoms with Crippen molar-refractivity contribution < 1.29 is 0 Å². The molecule has 0 aromatic heterocycles. The first-order chi connectivity index (χ1) is 9.41. The molecule has 0 aliphatic heterocycles. The summed E-state index contributed by atoms with van der Waals surface area (Å²) in [4.78, 5) is 0. The second-order valence-electron chi connectivity index (χ2n) is 6.11. The van der Waals surface area contributed by atoms with Crippen LogP contribution in [0.2, 0.25) is 0 Å². The predicted octanol–water partition coefficient (Wildman–Crippen LogP) is 6.30. The van der Waals surface area contributed by atoms with Gasteiger partial charge < -0.3 is 0 Å². The first kappa shape index (κ1) is 16.5. The van der Waals surface area contributed by atoms with Gasteiger partial charge in [-0.2, -0.15) is 0 Å². The lowest BCUT2D eigenvalue weighted by Gasteiger charge is -2.19. The van der Waals surface area contributed by atoms with Crippen LogP contribution in [0.25, 0.3) is 5.57 Å². The van der Waals surface area contributed by atoms with Crippen LogP contribution in [-0.2, 0) is 5.41 Å². The number of hydrogen-bond acceptors (Lipinski definition) is 0. The minimum absolute atomic E-state index is 0.225. The second-order valence-corrected chi connectivity index (χ2v) is 6.11. The summed E-state index contributed by atoms with van der Waals surface area (Å²) in [5, 5.41) is 0. The van der Waals surface area contributed by atoms with Gasteiger partial charge in [0.25, 0.3) is 0 Å². The Morgan fingerprint density at radius 3 is 2.00 bits per heavy atom. The molecule has 0 atom stereocenters. The maximum atomic E-state index is 3.87. The minimum Gasteiger partial charge on any atom is -0.0985 e. The Balaban J connectivity index is 0.000000956. The molecule has 1 aromatic rings. The van der Waals surface area contributed by atoms with Gasteiger partial charge in [-0.15, -0.1) is 0 Å². The molecule has 0 unspecified atom stereocenters. The Bertz CT molecular complexity index is 516. The molecular weight excluding hydrogens is 240 g/mol. The van der Waals surface area contributed by atoms with E-state index in [9.17, 15) is 0 Å². The standard InChI is InChI=1S/C18H22.C2H6/c1-6-14-12-16(11-13(14)2)15-7-9-17(10-8-15)18(3,4)5;1-2/h6-10,12H,1,11H2,2-5H3;1-2H3. The van der Waals surface area contributed by atoms with Crippen molar-refractivity contribution >= 4 is 5.57 Å². The van der Waals surface area contributed by atoms with Gasteiger partial charge in [0.2, 0.25) is 0 Å². The van der Waals surface area contributed by atoms with Gasteiger partial charge >= 0.3 is 0 Å². The van der Waals surface area contributed by atoms with Crippen molar-refractivity contribution in [3.8, 4) is 0 Å². The molecule has 0 saturated carbocycles. The van der Waals surface area contributed by atoms with Gasteiger partial charge in [-0.1, -0.05) is 83.2 Å². The second kappa shape index (κ2) is 6.74. The average Bonchev–Trinajstić information content (AvgIpc) is 2.81. The van der Waals surface area contributed by atoms with Gasteiger partial charge in [-0.05, 0) is 41.0 Å². The molecule has 1 aromatic carbocycles. The van der Waals surface area contributed by atoms with Crippen molar-refractivity contribution in [1.82, 2.24) is 0 Å². The van der Waals surface area contributed by atoms with Crippen LogP contribution in [0.5, 0.6) is 0 Å². The fourth-order valence-electron chi connectivity index (χ4n) is 2.35. The number of allylic oxidation sites excluding steroid dienone is 5. The van der Waals surface area contributed by atoms with Crippen LogP contribution in [0.4, 0.5) is 0 Å². The highest BCUT2D eigenvalue weighted by Crippen LogP contribution is 2.33. The third-order valence-electron chi connectivity index (χ3n) is 3.62. The van der Waals surface area contributed by atoms with Crippen molar-refractivity contribution in [3.63, 3.8) is 0 Å². The molecule has 0 bridgehead atoms. The van der Waals surface area contributed by atoms with Gasteiger partial charge in [-0.3, -0.25) is 0 Å². The Labute approximate surface area is 124 Å². The van der Waals surface area contributed by atoms with E-state index in [2.05, 4.69) is 64.6 Å². The number of benzene rings is 1. The first-order valence-corrected chi connectivity index (χ1v) is 7.55. The van der Waals surface area contributed by atoms with E-state index < -0.39 is 0 Å². The van der Waals surface area contributed by atoms with Crippen LogP contribution in [-0.4, -0.2) is 0 Å². The monoisotopic (exact) mass is 268 g/mol. The van der Waals surface area contributed by atoms with Crippen LogP contribution >= 0.6 is 0 Å². The smallest absolute Gasteiger partial charge is 0.00547 e. The molecular formula is C20H28. The first-order valence-electron chi connectivity index (χ1n) is 7.55. The molecule has 20 heavy (non-hydrogen) atoms. The quantitative estimate of drug-likeness (QED) is 0.590. The molecule has 0 heteroatoms. The zero-order valence-electron chi connectivity index (χ0n) is 13.9. The molecule has 0 N–H and O–H groups in total. The molecule has 1 aliphatic carbocycles.